The summed E-state index contributed by atoms with van der Waals surface area (Å²) < 4.78 is 0. The van der Waals surface area contributed by atoms with E-state index in [1.165, 1.54) is 0 Å². The molecule has 1 saturated carbocycles. The van der Waals surface area contributed by atoms with Gasteiger partial charge >= 0.3 is 11.8 Å². The van der Waals surface area contributed by atoms with Crippen molar-refractivity contribution in [1.82, 2.24) is 5.43 Å². The molecular weight excluding hydrogens is 206 g/mol. The van der Waals surface area contributed by atoms with Gasteiger partial charge in [-0.3, -0.25) is 9.59 Å². The molecular formula is C11H19N3O2. The lowest BCUT2D eigenvalue weighted by Gasteiger charge is -2.34. The number of nitrogens with one attached hydrogen (secondary N) is 1. The minimum absolute atomic E-state index is 0.202. The van der Waals surface area contributed by atoms with E-state index in [-0.39, 0.29) is 5.41 Å². The molecule has 1 atom stereocenters. The van der Waals surface area contributed by atoms with Crippen molar-refractivity contribution >= 4 is 17.5 Å². The lowest BCUT2D eigenvalue weighted by molar-refractivity contribution is -0.137. The fourth-order valence-electron chi connectivity index (χ4n) is 2.38. The first-order chi connectivity index (χ1) is 7.30. The van der Waals surface area contributed by atoms with E-state index in [2.05, 4.69) is 31.3 Å². The van der Waals surface area contributed by atoms with Gasteiger partial charge < -0.3 is 5.73 Å². The Bertz CT molecular complexity index is 334. The molecule has 2 amide bonds. The maximum Gasteiger partial charge on any atom is 0.329 e. The van der Waals surface area contributed by atoms with Crippen LogP contribution in [0.2, 0.25) is 0 Å². The first-order valence-electron chi connectivity index (χ1n) is 5.45. The molecule has 0 aromatic carbocycles. The van der Waals surface area contributed by atoms with Crippen LogP contribution in [0.5, 0.6) is 0 Å². The van der Waals surface area contributed by atoms with Gasteiger partial charge in [-0.25, -0.2) is 5.43 Å². The third-order valence-electron chi connectivity index (χ3n) is 2.71. The van der Waals surface area contributed by atoms with Gasteiger partial charge in [0.2, 0.25) is 0 Å². The van der Waals surface area contributed by atoms with Gasteiger partial charge in [-0.05, 0) is 30.6 Å². The maximum absolute atomic E-state index is 10.9. The van der Waals surface area contributed by atoms with Gasteiger partial charge in [0, 0.05) is 5.71 Å². The second-order valence-corrected chi connectivity index (χ2v) is 5.34. The van der Waals surface area contributed by atoms with Crippen LogP contribution >= 0.6 is 0 Å². The molecule has 16 heavy (non-hydrogen) atoms. The molecule has 90 valence electrons. The molecule has 0 heterocycles. The summed E-state index contributed by atoms with van der Waals surface area (Å²) in [6.07, 6.45) is 2.86. The molecule has 1 unspecified atom stereocenters. The minimum Gasteiger partial charge on any atom is -0.361 e. The zero-order valence-corrected chi connectivity index (χ0v) is 10.0. The van der Waals surface area contributed by atoms with E-state index in [1.807, 2.05) is 0 Å². The van der Waals surface area contributed by atoms with Crippen molar-refractivity contribution in [2.75, 3.05) is 0 Å². The highest BCUT2D eigenvalue weighted by Crippen LogP contribution is 2.36. The molecule has 0 bridgehead atoms. The number of carbonyl (C=O) groups is 2. The Morgan fingerprint density at radius 3 is 2.62 bits per heavy atom. The van der Waals surface area contributed by atoms with Crippen LogP contribution in [-0.4, -0.2) is 17.5 Å². The van der Waals surface area contributed by atoms with E-state index in [0.717, 1.165) is 25.0 Å². The highest BCUT2D eigenvalue weighted by molar-refractivity contribution is 6.34. The fraction of sp³-hybridized carbons (Fsp3) is 0.727. The molecule has 5 heteroatoms. The Hall–Kier alpha value is -1.39. The van der Waals surface area contributed by atoms with Crippen LogP contribution in [0.15, 0.2) is 5.10 Å². The molecule has 0 aliphatic heterocycles. The lowest BCUT2D eigenvalue weighted by atomic mass is 9.72. The standard InChI is InChI=1S/C11H19N3O2/c1-7-4-8(6-11(2,3)5-7)13-14-10(16)9(12)15/h7H,4-6H2,1-3H3,(H2,12,15)(H,14,16). The highest BCUT2D eigenvalue weighted by atomic mass is 16.2. The predicted octanol–water partition coefficient (Wildman–Crippen LogP) is 0.790. The lowest BCUT2D eigenvalue weighted by Crippen LogP contribution is -2.35. The van der Waals surface area contributed by atoms with E-state index in [9.17, 15) is 9.59 Å². The quantitative estimate of drug-likeness (QED) is 0.510. The van der Waals surface area contributed by atoms with Crippen LogP contribution < -0.4 is 11.2 Å². The molecule has 0 spiro atoms. The average molecular weight is 225 g/mol. The van der Waals surface area contributed by atoms with Crippen LogP contribution in [0.4, 0.5) is 0 Å². The van der Waals surface area contributed by atoms with E-state index in [0.29, 0.717) is 5.92 Å². The molecule has 1 aliphatic rings. The SMILES string of the molecule is CC1CC(=NNC(=O)C(N)=O)CC(C)(C)C1. The molecule has 1 fully saturated rings. The van der Waals surface area contributed by atoms with Gasteiger partial charge in [-0.15, -0.1) is 0 Å². The molecule has 0 saturated heterocycles. The second-order valence-electron chi connectivity index (χ2n) is 5.34. The first kappa shape index (κ1) is 12.7. The fourth-order valence-corrected chi connectivity index (χ4v) is 2.38. The normalized spacial score (nSPS) is 26.4. The van der Waals surface area contributed by atoms with E-state index in [4.69, 9.17) is 5.73 Å². The molecule has 3 N–H and O–H groups in total. The first-order valence-corrected chi connectivity index (χ1v) is 5.45. The summed E-state index contributed by atoms with van der Waals surface area (Å²) in [5.74, 6) is -1.32. The topological polar surface area (TPSA) is 84.6 Å². The number of hydrazone groups is 1. The van der Waals surface area contributed by atoms with Crippen molar-refractivity contribution in [2.24, 2.45) is 22.2 Å². The summed E-state index contributed by atoms with van der Waals surface area (Å²) in [4.78, 5) is 21.4. The monoisotopic (exact) mass is 225 g/mol. The third-order valence-corrected chi connectivity index (χ3v) is 2.71. The summed E-state index contributed by atoms with van der Waals surface area (Å²) in [5.41, 5.74) is 8.13. The minimum atomic E-state index is -1.01. The summed E-state index contributed by atoms with van der Waals surface area (Å²) >= 11 is 0. The van der Waals surface area contributed by atoms with Gasteiger partial charge in [0.1, 0.15) is 0 Å². The zero-order valence-electron chi connectivity index (χ0n) is 10.0. The summed E-state index contributed by atoms with van der Waals surface area (Å²) in [7, 11) is 0. The zero-order chi connectivity index (χ0) is 12.3. The van der Waals surface area contributed by atoms with Gasteiger partial charge in [0.15, 0.2) is 0 Å². The number of nitrogens with two attached hydrogens (primary N) is 1. The average Bonchev–Trinajstić information content (AvgIpc) is 2.10. The Morgan fingerprint density at radius 1 is 1.50 bits per heavy atom. The molecule has 1 aliphatic carbocycles. The van der Waals surface area contributed by atoms with Crippen LogP contribution in [0.1, 0.15) is 40.0 Å². The van der Waals surface area contributed by atoms with E-state index in [1.54, 1.807) is 0 Å². The van der Waals surface area contributed by atoms with Crippen molar-refractivity contribution in [1.29, 1.82) is 0 Å². The number of carbonyl (C=O) groups excluding carboxylic acids is 2. The summed E-state index contributed by atoms with van der Waals surface area (Å²) in [5, 5.41) is 3.97. The van der Waals surface area contributed by atoms with Crippen molar-refractivity contribution < 1.29 is 9.59 Å². The molecule has 0 aromatic rings. The summed E-state index contributed by atoms with van der Waals surface area (Å²) in [6.45, 7) is 6.51. The van der Waals surface area contributed by atoms with Crippen LogP contribution in [0, 0.1) is 11.3 Å². The van der Waals surface area contributed by atoms with Crippen molar-refractivity contribution in [3.63, 3.8) is 0 Å². The third kappa shape index (κ3) is 3.64. The Kier molecular flexibility index (Phi) is 3.67. The van der Waals surface area contributed by atoms with Gasteiger partial charge in [-0.2, -0.15) is 5.10 Å². The molecule has 1 rings (SSSR count). The second kappa shape index (κ2) is 4.63. The Morgan fingerprint density at radius 2 is 2.12 bits per heavy atom. The summed E-state index contributed by atoms with van der Waals surface area (Å²) in [6, 6.07) is 0. The van der Waals surface area contributed by atoms with Crippen molar-refractivity contribution in [3.8, 4) is 0 Å². The number of nitrogens with zero attached hydrogens (tertiary/aromatic N) is 1. The number of amides is 2. The number of hydrogen-bond donors (Lipinski definition) is 2. The van der Waals surface area contributed by atoms with Crippen molar-refractivity contribution in [2.45, 2.75) is 40.0 Å². The Balaban J connectivity index is 2.62. The van der Waals surface area contributed by atoms with Gasteiger partial charge in [0.05, 0.1) is 0 Å². The van der Waals surface area contributed by atoms with Crippen LogP contribution in [0.25, 0.3) is 0 Å². The molecule has 5 nitrogen and oxygen atoms in total. The van der Waals surface area contributed by atoms with Crippen LogP contribution in [-0.2, 0) is 9.59 Å². The smallest absolute Gasteiger partial charge is 0.329 e. The predicted molar refractivity (Wildman–Crippen MR) is 61.6 cm³/mol. The van der Waals surface area contributed by atoms with Crippen molar-refractivity contribution in [3.05, 3.63) is 0 Å². The van der Waals surface area contributed by atoms with Gasteiger partial charge in [-0.1, -0.05) is 20.8 Å². The number of rotatable bonds is 1. The van der Waals surface area contributed by atoms with Gasteiger partial charge in [0.25, 0.3) is 0 Å². The Labute approximate surface area is 95.5 Å². The molecule has 0 aromatic heterocycles. The maximum atomic E-state index is 10.9. The highest BCUT2D eigenvalue weighted by Gasteiger charge is 2.29. The van der Waals surface area contributed by atoms with E-state index >= 15 is 0 Å². The largest absolute Gasteiger partial charge is 0.361 e. The number of hydrogen-bond acceptors (Lipinski definition) is 3. The number of primary amides is 1. The van der Waals surface area contributed by atoms with Crippen LogP contribution in [0.3, 0.4) is 0 Å². The van der Waals surface area contributed by atoms with E-state index < -0.39 is 11.8 Å². The molecule has 0 radical (unpaired) electrons.